The number of hydrogen-bond acceptors (Lipinski definition) is 3. The molecule has 1 aliphatic rings. The van der Waals surface area contributed by atoms with Gasteiger partial charge in [-0.15, -0.1) is 0 Å². The normalized spacial score (nSPS) is 14.2. The Morgan fingerprint density at radius 1 is 1.08 bits per heavy atom. The molecular formula is C19H29N5O2. The van der Waals surface area contributed by atoms with Crippen LogP contribution in [-0.2, 0) is 16.0 Å². The maximum absolute atomic E-state index is 12.1. The first kappa shape index (κ1) is 19.8. The van der Waals surface area contributed by atoms with Crippen molar-refractivity contribution in [2.45, 2.75) is 26.2 Å². The van der Waals surface area contributed by atoms with Gasteiger partial charge in [-0.2, -0.15) is 0 Å². The molecule has 1 saturated heterocycles. The molecule has 2 amide bonds. The number of guanidine groups is 1. The van der Waals surface area contributed by atoms with Crippen LogP contribution in [0.5, 0.6) is 0 Å². The van der Waals surface area contributed by atoms with E-state index in [2.05, 4.69) is 20.9 Å². The van der Waals surface area contributed by atoms with Crippen molar-refractivity contribution < 1.29 is 9.59 Å². The van der Waals surface area contributed by atoms with Crippen molar-refractivity contribution in [3.8, 4) is 0 Å². The molecule has 0 saturated carbocycles. The van der Waals surface area contributed by atoms with E-state index in [0.717, 1.165) is 32.4 Å². The van der Waals surface area contributed by atoms with Gasteiger partial charge < -0.3 is 20.9 Å². The van der Waals surface area contributed by atoms with E-state index in [-0.39, 0.29) is 24.9 Å². The number of likely N-dealkylation sites (tertiary alicyclic amines) is 1. The van der Waals surface area contributed by atoms with E-state index < -0.39 is 0 Å². The average molecular weight is 359 g/mol. The van der Waals surface area contributed by atoms with Gasteiger partial charge in [-0.25, -0.2) is 4.99 Å². The quantitative estimate of drug-likeness (QED) is 0.467. The molecule has 7 nitrogen and oxygen atoms in total. The summed E-state index contributed by atoms with van der Waals surface area (Å²) in [5.74, 6) is 0.419. The molecule has 0 radical (unpaired) electrons. The Morgan fingerprint density at radius 3 is 2.50 bits per heavy atom. The number of benzene rings is 1. The average Bonchev–Trinajstić information content (AvgIpc) is 3.19. The first-order valence-corrected chi connectivity index (χ1v) is 9.29. The topological polar surface area (TPSA) is 85.8 Å². The van der Waals surface area contributed by atoms with Crippen molar-refractivity contribution >= 4 is 17.8 Å². The minimum Gasteiger partial charge on any atom is -0.357 e. The van der Waals surface area contributed by atoms with Crippen LogP contribution in [0.15, 0.2) is 35.3 Å². The third-order valence-electron chi connectivity index (χ3n) is 4.17. The second kappa shape index (κ2) is 11.1. The predicted molar refractivity (Wildman–Crippen MR) is 103 cm³/mol. The van der Waals surface area contributed by atoms with Gasteiger partial charge in [0.15, 0.2) is 5.96 Å². The SMILES string of the molecule is CCNC(=NCC(=O)NCCc1ccccc1)NCC(=O)N1CCCC1. The number of carbonyl (C=O) groups is 2. The number of amides is 2. The molecule has 1 fully saturated rings. The van der Waals surface area contributed by atoms with Crippen molar-refractivity contribution in [1.29, 1.82) is 0 Å². The number of rotatable bonds is 8. The van der Waals surface area contributed by atoms with Crippen LogP contribution >= 0.6 is 0 Å². The van der Waals surface area contributed by atoms with Crippen molar-refractivity contribution in [2.24, 2.45) is 4.99 Å². The monoisotopic (exact) mass is 359 g/mol. The largest absolute Gasteiger partial charge is 0.357 e. The lowest BCUT2D eigenvalue weighted by Crippen LogP contribution is -2.44. The predicted octanol–water partition coefficient (Wildman–Crippen LogP) is 0.523. The molecule has 26 heavy (non-hydrogen) atoms. The molecule has 0 unspecified atom stereocenters. The molecular weight excluding hydrogens is 330 g/mol. The number of nitrogens with zero attached hydrogens (tertiary/aromatic N) is 2. The second-order valence-electron chi connectivity index (χ2n) is 6.22. The van der Waals surface area contributed by atoms with Crippen LogP contribution in [0.3, 0.4) is 0 Å². The number of aliphatic imine (C=N–C) groups is 1. The first-order chi connectivity index (χ1) is 12.7. The van der Waals surface area contributed by atoms with Gasteiger partial charge in [-0.1, -0.05) is 30.3 Å². The summed E-state index contributed by atoms with van der Waals surface area (Å²) in [7, 11) is 0. The van der Waals surface area contributed by atoms with Gasteiger partial charge in [-0.3, -0.25) is 9.59 Å². The molecule has 0 aliphatic carbocycles. The molecule has 1 aromatic rings. The Bertz CT molecular complexity index is 597. The molecule has 3 N–H and O–H groups in total. The molecule has 1 aliphatic heterocycles. The van der Waals surface area contributed by atoms with Gasteiger partial charge in [0, 0.05) is 26.2 Å². The van der Waals surface area contributed by atoms with Gasteiger partial charge in [0.2, 0.25) is 11.8 Å². The summed E-state index contributed by atoms with van der Waals surface area (Å²) < 4.78 is 0. The Morgan fingerprint density at radius 2 is 1.81 bits per heavy atom. The first-order valence-electron chi connectivity index (χ1n) is 9.29. The molecule has 0 spiro atoms. The van der Waals surface area contributed by atoms with E-state index in [1.54, 1.807) is 0 Å². The Hall–Kier alpha value is -2.57. The highest BCUT2D eigenvalue weighted by atomic mass is 16.2. The third kappa shape index (κ3) is 7.13. The molecule has 0 aromatic heterocycles. The fourth-order valence-corrected chi connectivity index (χ4v) is 2.78. The Kier molecular flexibility index (Phi) is 8.45. The lowest BCUT2D eigenvalue weighted by Gasteiger charge is -2.17. The highest BCUT2D eigenvalue weighted by Crippen LogP contribution is 2.06. The number of hydrogen-bond donors (Lipinski definition) is 3. The van der Waals surface area contributed by atoms with Gasteiger partial charge in [0.05, 0.1) is 6.54 Å². The van der Waals surface area contributed by atoms with Gasteiger partial charge >= 0.3 is 0 Å². The van der Waals surface area contributed by atoms with Crippen LogP contribution in [-0.4, -0.2) is 61.9 Å². The molecule has 0 atom stereocenters. The lowest BCUT2D eigenvalue weighted by atomic mass is 10.1. The minimum absolute atomic E-state index is 0.0298. The third-order valence-corrected chi connectivity index (χ3v) is 4.17. The van der Waals surface area contributed by atoms with Crippen LogP contribution in [0.1, 0.15) is 25.3 Å². The summed E-state index contributed by atoms with van der Waals surface area (Å²) in [5.41, 5.74) is 1.19. The molecule has 142 valence electrons. The molecule has 1 aromatic carbocycles. The van der Waals surface area contributed by atoms with Gasteiger partial charge in [0.1, 0.15) is 6.54 Å². The summed E-state index contributed by atoms with van der Waals surface area (Å²) in [4.78, 5) is 30.1. The zero-order valence-corrected chi connectivity index (χ0v) is 15.5. The van der Waals surface area contributed by atoms with E-state index in [1.807, 2.05) is 42.2 Å². The summed E-state index contributed by atoms with van der Waals surface area (Å²) in [6.07, 6.45) is 2.94. The van der Waals surface area contributed by atoms with Crippen molar-refractivity contribution in [3.05, 3.63) is 35.9 Å². The maximum atomic E-state index is 12.1. The fraction of sp³-hybridized carbons (Fsp3) is 0.526. The molecule has 1 heterocycles. The molecule has 7 heteroatoms. The van der Waals surface area contributed by atoms with E-state index in [4.69, 9.17) is 0 Å². The van der Waals surface area contributed by atoms with E-state index >= 15 is 0 Å². The van der Waals surface area contributed by atoms with E-state index in [0.29, 0.717) is 19.0 Å². The smallest absolute Gasteiger partial charge is 0.241 e. The van der Waals surface area contributed by atoms with Crippen molar-refractivity contribution in [2.75, 3.05) is 39.3 Å². The van der Waals surface area contributed by atoms with Gasteiger partial charge in [-0.05, 0) is 31.7 Å². The number of nitrogens with one attached hydrogen (secondary N) is 3. The summed E-state index contributed by atoms with van der Waals surface area (Å²) in [6.45, 7) is 5.08. The zero-order chi connectivity index (χ0) is 18.6. The van der Waals surface area contributed by atoms with Crippen LogP contribution in [0, 0.1) is 0 Å². The standard InChI is InChI=1S/C19H29N5O2/c1-2-20-19(23-15-18(26)24-12-6-7-13-24)22-14-17(25)21-11-10-16-8-4-3-5-9-16/h3-5,8-9H,2,6-7,10-15H2,1H3,(H,21,25)(H2,20,22,23). The van der Waals surface area contributed by atoms with Crippen LogP contribution in [0.4, 0.5) is 0 Å². The molecule has 0 bridgehead atoms. The fourth-order valence-electron chi connectivity index (χ4n) is 2.78. The second-order valence-corrected chi connectivity index (χ2v) is 6.22. The Labute approximate surface area is 155 Å². The summed E-state index contributed by atoms with van der Waals surface area (Å²) in [5, 5.41) is 8.92. The van der Waals surface area contributed by atoms with Crippen LogP contribution in [0.2, 0.25) is 0 Å². The van der Waals surface area contributed by atoms with Gasteiger partial charge in [0.25, 0.3) is 0 Å². The van der Waals surface area contributed by atoms with Crippen LogP contribution in [0.25, 0.3) is 0 Å². The maximum Gasteiger partial charge on any atom is 0.241 e. The van der Waals surface area contributed by atoms with E-state index in [1.165, 1.54) is 5.56 Å². The number of carbonyl (C=O) groups excluding carboxylic acids is 2. The van der Waals surface area contributed by atoms with Crippen molar-refractivity contribution in [3.63, 3.8) is 0 Å². The summed E-state index contributed by atoms with van der Waals surface area (Å²) >= 11 is 0. The zero-order valence-electron chi connectivity index (χ0n) is 15.5. The Balaban J connectivity index is 1.70. The highest BCUT2D eigenvalue weighted by molar-refractivity contribution is 5.88. The highest BCUT2D eigenvalue weighted by Gasteiger charge is 2.17. The van der Waals surface area contributed by atoms with E-state index in [9.17, 15) is 9.59 Å². The van der Waals surface area contributed by atoms with Crippen molar-refractivity contribution in [1.82, 2.24) is 20.9 Å². The lowest BCUT2D eigenvalue weighted by molar-refractivity contribution is -0.128. The summed E-state index contributed by atoms with van der Waals surface area (Å²) in [6, 6.07) is 10.0. The molecule has 2 rings (SSSR count). The minimum atomic E-state index is -0.135. The van der Waals surface area contributed by atoms with Crippen LogP contribution < -0.4 is 16.0 Å².